The number of hydrogen-bond donors (Lipinski definition) is 8. The maximum Gasteiger partial charge on any atom is 0.224 e. The average Bonchev–Trinajstić information content (AvgIpc) is 2.94. The summed E-state index contributed by atoms with van der Waals surface area (Å²) in [5, 5.41) is 76.7. The Morgan fingerprint density at radius 2 is 1.39 bits per heavy atom. The largest absolute Gasteiger partial charge is 0.474 e. The number of ether oxygens (including phenoxy) is 4. The van der Waals surface area contributed by atoms with Crippen molar-refractivity contribution in [2.45, 2.75) is 54.8 Å². The van der Waals surface area contributed by atoms with E-state index in [0.29, 0.717) is 0 Å². The smallest absolute Gasteiger partial charge is 0.224 e. The molecule has 0 spiro atoms. The van der Waals surface area contributed by atoms with Crippen molar-refractivity contribution in [1.82, 2.24) is 0 Å². The molecule has 8 N–H and O–H groups in total. The van der Waals surface area contributed by atoms with Crippen molar-refractivity contribution in [3.63, 3.8) is 0 Å². The molecule has 0 aliphatic carbocycles. The summed E-state index contributed by atoms with van der Waals surface area (Å²) in [7, 11) is 0. The molecular weight excluding hydrogens is 384 g/mol. The molecule has 28 heavy (non-hydrogen) atoms. The van der Waals surface area contributed by atoms with Crippen LogP contribution in [0.3, 0.4) is 0 Å². The van der Waals surface area contributed by atoms with Crippen LogP contribution in [0.15, 0.2) is 25.7 Å². The topological polar surface area (TPSA) is 199 Å². The Bertz CT molecular complexity index is 482. The van der Waals surface area contributed by atoms with E-state index in [2.05, 4.69) is 17.9 Å². The third kappa shape index (κ3) is 5.25. The van der Waals surface area contributed by atoms with Gasteiger partial charge in [0.1, 0.15) is 49.3 Å². The summed E-state index contributed by atoms with van der Waals surface area (Å²) < 4.78 is 19.8. The molecule has 0 saturated carbocycles. The van der Waals surface area contributed by atoms with Crippen LogP contribution in [-0.2, 0) is 18.9 Å². The first-order chi connectivity index (χ1) is 13.2. The first-order valence-corrected chi connectivity index (χ1v) is 8.34. The normalized spacial score (nSPS) is 43.0. The zero-order valence-electron chi connectivity index (χ0n) is 15.0. The van der Waals surface area contributed by atoms with Crippen LogP contribution in [0.4, 0.5) is 0 Å². The molecular formula is C16H28O12. The van der Waals surface area contributed by atoms with Gasteiger partial charge in [0.05, 0.1) is 25.7 Å². The van der Waals surface area contributed by atoms with E-state index in [-0.39, 0.29) is 0 Å². The minimum absolute atomic E-state index is 0.669. The molecule has 0 aromatic carbocycles. The van der Waals surface area contributed by atoms with E-state index in [0.717, 1.165) is 0 Å². The number of hydrogen-bond acceptors (Lipinski definition) is 12. The lowest BCUT2D eigenvalue weighted by molar-refractivity contribution is -0.383. The fourth-order valence-corrected chi connectivity index (χ4v) is 2.70. The minimum atomic E-state index is -2.22. The standard InChI is InChI=1S/C12H22O11.C4H6O/c13-1-4-6(16)8(18)9(19)11(21-4)23-12(3-15)10(20)7(17)5(2-14)22-12;1-3-5-4-2/h4-11,13-20H,1-3H2;3-4H,1-2H2/t4-,5-,6-,7-,8+,9-,10+,11-,12+;/m1./s1. The third-order valence-electron chi connectivity index (χ3n) is 4.26. The van der Waals surface area contributed by atoms with Gasteiger partial charge >= 0.3 is 0 Å². The van der Waals surface area contributed by atoms with Crippen LogP contribution >= 0.6 is 0 Å². The lowest BCUT2D eigenvalue weighted by atomic mass is 9.99. The van der Waals surface area contributed by atoms with Crippen molar-refractivity contribution < 1.29 is 59.8 Å². The van der Waals surface area contributed by atoms with Gasteiger partial charge in [0, 0.05) is 0 Å². The maximum atomic E-state index is 10.00. The van der Waals surface area contributed by atoms with Crippen molar-refractivity contribution in [2.75, 3.05) is 19.8 Å². The average molecular weight is 412 g/mol. The molecule has 12 nitrogen and oxygen atoms in total. The van der Waals surface area contributed by atoms with E-state index in [1.165, 1.54) is 12.5 Å². The molecule has 2 saturated heterocycles. The van der Waals surface area contributed by atoms with E-state index < -0.39 is 74.6 Å². The van der Waals surface area contributed by atoms with E-state index in [9.17, 15) is 30.6 Å². The maximum absolute atomic E-state index is 10.00. The Morgan fingerprint density at radius 1 is 0.821 bits per heavy atom. The second-order valence-corrected chi connectivity index (χ2v) is 6.03. The monoisotopic (exact) mass is 412 g/mol. The van der Waals surface area contributed by atoms with Crippen molar-refractivity contribution in [1.29, 1.82) is 0 Å². The molecule has 2 fully saturated rings. The summed E-state index contributed by atoms with van der Waals surface area (Å²) >= 11 is 0. The van der Waals surface area contributed by atoms with Gasteiger partial charge in [-0.1, -0.05) is 13.2 Å². The first-order valence-electron chi connectivity index (χ1n) is 8.34. The lowest BCUT2D eigenvalue weighted by Crippen LogP contribution is -2.62. The van der Waals surface area contributed by atoms with Gasteiger partial charge in [-0.05, 0) is 0 Å². The van der Waals surface area contributed by atoms with Crippen LogP contribution in [0, 0.1) is 0 Å². The second kappa shape index (κ2) is 11.1. The summed E-state index contributed by atoms with van der Waals surface area (Å²) in [6, 6.07) is 0. The molecule has 0 unspecified atom stereocenters. The fraction of sp³-hybridized carbons (Fsp3) is 0.750. The van der Waals surface area contributed by atoms with Gasteiger partial charge in [-0.25, -0.2) is 0 Å². The summed E-state index contributed by atoms with van der Waals surface area (Å²) in [5.41, 5.74) is 0. The predicted molar refractivity (Wildman–Crippen MR) is 90.1 cm³/mol. The molecule has 2 aliphatic rings. The predicted octanol–water partition coefficient (Wildman–Crippen LogP) is -4.11. The Balaban J connectivity index is 0.000000696. The van der Waals surface area contributed by atoms with Crippen LogP contribution in [-0.4, -0.2) is 115 Å². The summed E-state index contributed by atoms with van der Waals surface area (Å²) in [6.45, 7) is 4.19. The van der Waals surface area contributed by atoms with Gasteiger partial charge < -0.3 is 59.8 Å². The van der Waals surface area contributed by atoms with Gasteiger partial charge in [-0.15, -0.1) is 0 Å². The Hall–Kier alpha value is -1.16. The SMILES string of the molecule is C=COC=C.OC[C@H]1O[C@@](CO)(O[C@H]2O[C@H](CO)[C@@H](O)[C@H](O)[C@H]2O)[C@@H](O)[C@@H]1O. The highest BCUT2D eigenvalue weighted by molar-refractivity contribution is 4.98. The summed E-state index contributed by atoms with van der Waals surface area (Å²) in [5.74, 6) is -2.22. The van der Waals surface area contributed by atoms with E-state index >= 15 is 0 Å². The van der Waals surface area contributed by atoms with Crippen molar-refractivity contribution in [2.24, 2.45) is 0 Å². The van der Waals surface area contributed by atoms with Crippen LogP contribution in [0.2, 0.25) is 0 Å². The highest BCUT2D eigenvalue weighted by Crippen LogP contribution is 2.35. The molecule has 2 aliphatic heterocycles. The highest BCUT2D eigenvalue weighted by atomic mass is 16.8. The van der Waals surface area contributed by atoms with Crippen molar-refractivity contribution in [3.05, 3.63) is 25.7 Å². The molecule has 164 valence electrons. The first kappa shape index (κ1) is 24.9. The summed E-state index contributed by atoms with van der Waals surface area (Å²) in [6.07, 6.45) is -10.0. The zero-order valence-corrected chi connectivity index (χ0v) is 15.0. The molecule has 0 amide bonds. The minimum Gasteiger partial charge on any atom is -0.474 e. The second-order valence-electron chi connectivity index (χ2n) is 6.03. The van der Waals surface area contributed by atoms with Gasteiger partial charge in [0.2, 0.25) is 5.79 Å². The Kier molecular flexibility index (Phi) is 9.89. The van der Waals surface area contributed by atoms with Gasteiger partial charge in [-0.2, -0.15) is 0 Å². The number of aliphatic hydroxyl groups is 8. The van der Waals surface area contributed by atoms with Crippen LogP contribution < -0.4 is 0 Å². The fourth-order valence-electron chi connectivity index (χ4n) is 2.70. The van der Waals surface area contributed by atoms with Crippen LogP contribution in [0.25, 0.3) is 0 Å². The molecule has 9 atom stereocenters. The Labute approximate surface area is 161 Å². The van der Waals surface area contributed by atoms with Gasteiger partial charge in [0.15, 0.2) is 6.29 Å². The lowest BCUT2D eigenvalue weighted by Gasteiger charge is -2.43. The van der Waals surface area contributed by atoms with Crippen LogP contribution in [0.1, 0.15) is 0 Å². The number of rotatable bonds is 7. The number of aliphatic hydroxyl groups excluding tert-OH is 8. The zero-order chi connectivity index (χ0) is 21.5. The molecule has 0 aromatic heterocycles. The third-order valence-corrected chi connectivity index (χ3v) is 4.26. The van der Waals surface area contributed by atoms with Crippen molar-refractivity contribution in [3.8, 4) is 0 Å². The molecule has 0 radical (unpaired) electrons. The van der Waals surface area contributed by atoms with E-state index in [1.54, 1.807) is 0 Å². The molecule has 2 heterocycles. The summed E-state index contributed by atoms with van der Waals surface area (Å²) in [4.78, 5) is 0. The van der Waals surface area contributed by atoms with E-state index in [1.807, 2.05) is 0 Å². The van der Waals surface area contributed by atoms with Gasteiger partial charge in [0.25, 0.3) is 0 Å². The highest BCUT2D eigenvalue weighted by Gasteiger charge is 2.58. The molecule has 0 bridgehead atoms. The van der Waals surface area contributed by atoms with Gasteiger partial charge in [-0.3, -0.25) is 0 Å². The molecule has 2 rings (SSSR count). The molecule has 12 heteroatoms. The quantitative estimate of drug-likeness (QED) is 0.188. The van der Waals surface area contributed by atoms with Crippen LogP contribution in [0.5, 0.6) is 0 Å². The molecule has 0 aromatic rings. The van der Waals surface area contributed by atoms with Crippen molar-refractivity contribution >= 4 is 0 Å². The van der Waals surface area contributed by atoms with E-state index in [4.69, 9.17) is 24.4 Å². The Morgan fingerprint density at radius 3 is 1.79 bits per heavy atom.